The van der Waals surface area contributed by atoms with E-state index in [1.807, 2.05) is 28.0 Å². The van der Waals surface area contributed by atoms with Gasteiger partial charge in [-0.25, -0.2) is 17.7 Å². The molecule has 2 atom stereocenters. The van der Waals surface area contributed by atoms with E-state index in [2.05, 4.69) is 9.88 Å². The summed E-state index contributed by atoms with van der Waals surface area (Å²) in [5.41, 5.74) is 0.289. The second-order valence-electron chi connectivity index (χ2n) is 12.7. The number of methoxy groups -OCH3 is 2. The minimum absolute atomic E-state index is 0.0516. The van der Waals surface area contributed by atoms with Crippen LogP contribution >= 0.6 is 11.6 Å². The minimum atomic E-state index is -4.45. The first-order chi connectivity index (χ1) is 24.1. The Morgan fingerprint density at radius 3 is 2.40 bits per heavy atom. The van der Waals surface area contributed by atoms with Crippen molar-refractivity contribution in [1.82, 2.24) is 19.7 Å². The Balaban J connectivity index is 1.43. The molecule has 0 bridgehead atoms. The first-order valence-corrected chi connectivity index (χ1v) is 18.3. The van der Waals surface area contributed by atoms with E-state index in [-0.39, 0.29) is 16.5 Å². The predicted octanol–water partition coefficient (Wildman–Crippen LogP) is 4.83. The van der Waals surface area contributed by atoms with Gasteiger partial charge < -0.3 is 18.8 Å². The maximum absolute atomic E-state index is 15.6. The van der Waals surface area contributed by atoms with Crippen LogP contribution in [-0.2, 0) is 31.7 Å². The Kier molecular flexibility index (Phi) is 9.10. The van der Waals surface area contributed by atoms with Gasteiger partial charge in [0, 0.05) is 62.3 Å². The Bertz CT molecular complexity index is 2020. The SMILES string of the molecule is COc1ccc(S(=O)(=O)N2C(=O)C(c3cc(CN4CCN(C(C)=O)CC4)ccc3OC)(N3CCCC3c3ncco3)c3cc(Cl)ccc32)cc1. The maximum atomic E-state index is 15.6. The van der Waals surface area contributed by atoms with Crippen molar-refractivity contribution in [3.8, 4) is 11.5 Å². The summed E-state index contributed by atoms with van der Waals surface area (Å²) in [6, 6.07) is 16.0. The van der Waals surface area contributed by atoms with Gasteiger partial charge in [0.2, 0.25) is 11.8 Å². The molecule has 0 aliphatic carbocycles. The molecule has 3 aromatic carbocycles. The third-order valence-electron chi connectivity index (χ3n) is 9.96. The van der Waals surface area contributed by atoms with Crippen LogP contribution in [0.4, 0.5) is 5.69 Å². The van der Waals surface area contributed by atoms with Gasteiger partial charge in [0.25, 0.3) is 15.9 Å². The number of likely N-dealkylation sites (tertiary alicyclic amines) is 1. The van der Waals surface area contributed by atoms with E-state index in [1.165, 1.54) is 32.6 Å². The highest BCUT2D eigenvalue weighted by molar-refractivity contribution is 7.93. The van der Waals surface area contributed by atoms with E-state index < -0.39 is 27.5 Å². The highest BCUT2D eigenvalue weighted by atomic mass is 35.5. The lowest BCUT2D eigenvalue weighted by Gasteiger charge is -2.41. The molecule has 3 aliphatic rings. The zero-order chi connectivity index (χ0) is 35.2. The van der Waals surface area contributed by atoms with Crippen LogP contribution in [0.5, 0.6) is 11.5 Å². The largest absolute Gasteiger partial charge is 0.497 e. The molecule has 0 radical (unpaired) electrons. The molecule has 12 nitrogen and oxygen atoms in total. The number of aromatic nitrogens is 1. The lowest BCUT2D eigenvalue weighted by molar-refractivity contribution is -0.130. The van der Waals surface area contributed by atoms with Crippen LogP contribution in [0.2, 0.25) is 5.02 Å². The van der Waals surface area contributed by atoms with Gasteiger partial charge in [0.1, 0.15) is 17.8 Å². The molecule has 0 spiro atoms. The van der Waals surface area contributed by atoms with Gasteiger partial charge in [0.15, 0.2) is 5.54 Å². The summed E-state index contributed by atoms with van der Waals surface area (Å²) in [7, 11) is -1.42. The van der Waals surface area contributed by atoms with E-state index in [0.29, 0.717) is 85.6 Å². The number of anilines is 1. The van der Waals surface area contributed by atoms with Crippen molar-refractivity contribution in [2.24, 2.45) is 0 Å². The number of rotatable bonds is 9. The van der Waals surface area contributed by atoms with E-state index in [0.717, 1.165) is 9.87 Å². The second kappa shape index (κ2) is 13.4. The molecule has 2 saturated heterocycles. The number of ether oxygens (including phenoxy) is 2. The van der Waals surface area contributed by atoms with Gasteiger partial charge in [-0.2, -0.15) is 0 Å². The molecule has 2 unspecified atom stereocenters. The number of carbonyl (C=O) groups is 2. The Hall–Kier alpha value is -4.43. The summed E-state index contributed by atoms with van der Waals surface area (Å²) in [6.45, 7) is 5.18. The predicted molar refractivity (Wildman–Crippen MR) is 186 cm³/mol. The van der Waals surface area contributed by atoms with Gasteiger partial charge >= 0.3 is 0 Å². The first-order valence-electron chi connectivity index (χ1n) is 16.4. The number of benzene rings is 3. The monoisotopic (exact) mass is 719 g/mol. The fourth-order valence-corrected chi connectivity index (χ4v) is 9.20. The number of nitrogens with zero attached hydrogens (tertiary/aromatic N) is 5. The van der Waals surface area contributed by atoms with E-state index in [9.17, 15) is 13.2 Å². The van der Waals surface area contributed by atoms with Gasteiger partial charge in [-0.15, -0.1) is 0 Å². The number of hydrogen-bond acceptors (Lipinski definition) is 10. The van der Waals surface area contributed by atoms with Crippen LogP contribution in [0.1, 0.15) is 48.4 Å². The van der Waals surface area contributed by atoms with Crippen molar-refractivity contribution in [2.75, 3.05) is 51.2 Å². The highest BCUT2D eigenvalue weighted by Crippen LogP contribution is 2.57. The van der Waals surface area contributed by atoms with Crippen molar-refractivity contribution in [3.05, 3.63) is 101 Å². The van der Waals surface area contributed by atoms with Crippen LogP contribution in [0, 0.1) is 0 Å². The number of fused-ring (bicyclic) bond motifs is 1. The molecule has 7 rings (SSSR count). The molecular weight excluding hydrogens is 682 g/mol. The Morgan fingerprint density at radius 2 is 1.74 bits per heavy atom. The summed E-state index contributed by atoms with van der Waals surface area (Å²) >= 11 is 6.70. The normalized spacial score (nSPS) is 21.4. The van der Waals surface area contributed by atoms with Crippen LogP contribution in [0.3, 0.4) is 0 Å². The van der Waals surface area contributed by atoms with Crippen molar-refractivity contribution in [3.63, 3.8) is 0 Å². The maximum Gasteiger partial charge on any atom is 0.271 e. The highest BCUT2D eigenvalue weighted by Gasteiger charge is 2.63. The molecule has 0 N–H and O–H groups in total. The van der Waals surface area contributed by atoms with E-state index >= 15 is 4.79 Å². The van der Waals surface area contributed by atoms with Crippen molar-refractivity contribution in [2.45, 2.75) is 42.8 Å². The molecule has 50 heavy (non-hydrogen) atoms. The lowest BCUT2D eigenvalue weighted by atomic mass is 9.80. The average molecular weight is 720 g/mol. The molecule has 0 saturated carbocycles. The van der Waals surface area contributed by atoms with Crippen LogP contribution < -0.4 is 13.8 Å². The summed E-state index contributed by atoms with van der Waals surface area (Å²) in [5.74, 6) is 0.683. The number of carbonyl (C=O) groups excluding carboxylic acids is 2. The molecule has 2 amide bonds. The standard InChI is InChI=1S/C36H38ClN5O7S/c1-24(43)40-18-16-39(17-19-40)23-25-6-13-33(48-3)30(21-25)36(41-15-4-5-32(41)34-38-14-20-49-34)29-22-26(37)7-12-31(29)42(35(36)44)50(45,46)28-10-8-27(47-2)9-11-28/h6-14,20-22,32H,4-5,15-19,23H2,1-3H3. The fraction of sp³-hybridized carbons (Fsp3) is 0.361. The molecule has 1 aromatic heterocycles. The number of sulfonamides is 1. The number of hydrogen-bond donors (Lipinski definition) is 0. The Labute approximate surface area is 296 Å². The zero-order valence-corrected chi connectivity index (χ0v) is 29.6. The average Bonchev–Trinajstić information content (AvgIpc) is 3.88. The summed E-state index contributed by atoms with van der Waals surface area (Å²) in [4.78, 5) is 38.0. The molecule has 4 heterocycles. The molecule has 262 valence electrons. The molecule has 14 heteroatoms. The smallest absolute Gasteiger partial charge is 0.271 e. The first kappa shape index (κ1) is 34.0. The number of amides is 2. The molecule has 4 aromatic rings. The topological polar surface area (TPSA) is 126 Å². The quantitative estimate of drug-likeness (QED) is 0.238. The van der Waals surface area contributed by atoms with Gasteiger partial charge in [-0.3, -0.25) is 19.4 Å². The summed E-state index contributed by atoms with van der Waals surface area (Å²) in [6.07, 6.45) is 4.38. The third-order valence-corrected chi connectivity index (χ3v) is 11.9. The number of oxazole rings is 1. The van der Waals surface area contributed by atoms with Gasteiger partial charge in [-0.05, 0) is 73.0 Å². The number of piperazine rings is 1. The van der Waals surface area contributed by atoms with Crippen LogP contribution in [0.15, 0.2) is 82.4 Å². The second-order valence-corrected chi connectivity index (χ2v) is 14.9. The van der Waals surface area contributed by atoms with Gasteiger partial charge in [-0.1, -0.05) is 17.7 Å². The van der Waals surface area contributed by atoms with Gasteiger partial charge in [0.05, 0.1) is 37.0 Å². The Morgan fingerprint density at radius 1 is 0.980 bits per heavy atom. The lowest BCUT2D eigenvalue weighted by Crippen LogP contribution is -2.54. The molecular formula is C36H38ClN5O7S. The van der Waals surface area contributed by atoms with Crippen molar-refractivity contribution in [1.29, 1.82) is 0 Å². The van der Waals surface area contributed by atoms with E-state index in [1.54, 1.807) is 43.5 Å². The van der Waals surface area contributed by atoms with E-state index in [4.69, 9.17) is 25.5 Å². The summed E-state index contributed by atoms with van der Waals surface area (Å²) < 4.78 is 47.2. The summed E-state index contributed by atoms with van der Waals surface area (Å²) in [5, 5.41) is 0.343. The fourth-order valence-electron chi connectivity index (χ4n) is 7.57. The van der Waals surface area contributed by atoms with Crippen molar-refractivity contribution < 1.29 is 31.9 Å². The minimum Gasteiger partial charge on any atom is -0.497 e. The van der Waals surface area contributed by atoms with Crippen LogP contribution in [-0.4, -0.2) is 86.9 Å². The number of halogens is 1. The van der Waals surface area contributed by atoms with Crippen molar-refractivity contribution >= 4 is 39.1 Å². The molecule has 2 fully saturated rings. The zero-order valence-electron chi connectivity index (χ0n) is 28.0. The molecule has 3 aliphatic heterocycles. The third kappa shape index (κ3) is 5.62. The van der Waals surface area contributed by atoms with Crippen LogP contribution in [0.25, 0.3) is 0 Å².